The Morgan fingerprint density at radius 1 is 1.64 bits per heavy atom. The van der Waals surface area contributed by atoms with Gasteiger partial charge in [0.1, 0.15) is 0 Å². The van der Waals surface area contributed by atoms with Crippen LogP contribution in [0.25, 0.3) is 0 Å². The first kappa shape index (κ1) is 10.2. The minimum absolute atomic E-state index is 0.250. The van der Waals surface area contributed by atoms with Crippen molar-refractivity contribution in [1.82, 2.24) is 9.78 Å². The van der Waals surface area contributed by atoms with Crippen molar-refractivity contribution >= 4 is 15.9 Å². The highest BCUT2D eigenvalue weighted by Crippen LogP contribution is 2.32. The van der Waals surface area contributed by atoms with E-state index in [9.17, 15) is 0 Å². The van der Waals surface area contributed by atoms with Gasteiger partial charge in [-0.15, -0.1) is 0 Å². The van der Waals surface area contributed by atoms with Gasteiger partial charge >= 0.3 is 0 Å². The number of hydrogen-bond acceptors (Lipinski definition) is 2. The van der Waals surface area contributed by atoms with Gasteiger partial charge in [-0.2, -0.15) is 5.10 Å². The van der Waals surface area contributed by atoms with Crippen molar-refractivity contribution in [2.75, 3.05) is 5.33 Å². The zero-order chi connectivity index (χ0) is 9.97. The van der Waals surface area contributed by atoms with Crippen LogP contribution in [0.3, 0.4) is 0 Å². The van der Waals surface area contributed by atoms with Crippen molar-refractivity contribution < 1.29 is 4.74 Å². The quantitative estimate of drug-likeness (QED) is 0.780. The Morgan fingerprint density at radius 2 is 2.50 bits per heavy atom. The number of aromatic nitrogens is 2. The van der Waals surface area contributed by atoms with Gasteiger partial charge in [0.15, 0.2) is 0 Å². The average Bonchev–Trinajstić information content (AvgIpc) is 2.85. The van der Waals surface area contributed by atoms with Crippen LogP contribution in [0.15, 0.2) is 12.3 Å². The second-order valence-corrected chi connectivity index (χ2v) is 4.20. The standard InChI is InChI=1S/C10H15BrN2O/c1-2-13-9(5-6-12-13)10-4-3-8(7-11)14-10/h5-6,8,10H,2-4,7H2,1H3. The fourth-order valence-corrected chi connectivity index (χ4v) is 2.39. The van der Waals surface area contributed by atoms with E-state index in [1.54, 1.807) is 0 Å². The zero-order valence-corrected chi connectivity index (χ0v) is 9.90. The van der Waals surface area contributed by atoms with E-state index in [4.69, 9.17) is 4.74 Å². The average molecular weight is 259 g/mol. The van der Waals surface area contributed by atoms with Crippen molar-refractivity contribution in [1.29, 1.82) is 0 Å². The van der Waals surface area contributed by atoms with Gasteiger partial charge < -0.3 is 4.74 Å². The van der Waals surface area contributed by atoms with Gasteiger partial charge in [0.2, 0.25) is 0 Å². The largest absolute Gasteiger partial charge is 0.368 e. The molecule has 2 heterocycles. The molecule has 0 aliphatic carbocycles. The number of hydrogen-bond donors (Lipinski definition) is 0. The van der Waals surface area contributed by atoms with E-state index in [2.05, 4.69) is 34.0 Å². The predicted molar refractivity (Wildman–Crippen MR) is 58.5 cm³/mol. The lowest BCUT2D eigenvalue weighted by Gasteiger charge is -2.13. The first-order valence-electron chi connectivity index (χ1n) is 5.08. The van der Waals surface area contributed by atoms with Crippen molar-refractivity contribution in [3.63, 3.8) is 0 Å². The molecule has 0 spiro atoms. The molecule has 1 fully saturated rings. The molecule has 1 saturated heterocycles. The molecule has 78 valence electrons. The Kier molecular flexibility index (Phi) is 3.23. The fraction of sp³-hybridized carbons (Fsp3) is 0.700. The van der Waals surface area contributed by atoms with Crippen LogP contribution in [-0.4, -0.2) is 21.2 Å². The van der Waals surface area contributed by atoms with Gasteiger partial charge in [-0.05, 0) is 25.8 Å². The van der Waals surface area contributed by atoms with E-state index in [-0.39, 0.29) is 6.10 Å². The topological polar surface area (TPSA) is 27.1 Å². The smallest absolute Gasteiger partial charge is 0.0996 e. The summed E-state index contributed by atoms with van der Waals surface area (Å²) in [7, 11) is 0. The summed E-state index contributed by atoms with van der Waals surface area (Å²) in [4.78, 5) is 0. The summed E-state index contributed by atoms with van der Waals surface area (Å²) in [5.74, 6) is 0. The number of halogens is 1. The Morgan fingerprint density at radius 3 is 3.14 bits per heavy atom. The highest BCUT2D eigenvalue weighted by molar-refractivity contribution is 9.09. The lowest BCUT2D eigenvalue weighted by Crippen LogP contribution is -2.11. The maximum atomic E-state index is 5.89. The minimum Gasteiger partial charge on any atom is -0.368 e. The number of alkyl halides is 1. The summed E-state index contributed by atoms with van der Waals surface area (Å²) >= 11 is 3.46. The molecule has 2 atom stereocenters. The van der Waals surface area contributed by atoms with E-state index in [0.29, 0.717) is 6.10 Å². The van der Waals surface area contributed by atoms with Crippen LogP contribution in [0, 0.1) is 0 Å². The monoisotopic (exact) mass is 258 g/mol. The molecule has 1 aliphatic heterocycles. The molecule has 0 bridgehead atoms. The third-order valence-corrected chi connectivity index (χ3v) is 3.38. The zero-order valence-electron chi connectivity index (χ0n) is 8.32. The molecule has 1 aromatic heterocycles. The van der Waals surface area contributed by atoms with Crippen molar-refractivity contribution in [2.24, 2.45) is 0 Å². The first-order chi connectivity index (χ1) is 6.85. The molecule has 0 N–H and O–H groups in total. The fourth-order valence-electron chi connectivity index (χ4n) is 1.92. The number of aryl methyl sites for hydroxylation is 1. The van der Waals surface area contributed by atoms with Crippen molar-refractivity contribution in [3.8, 4) is 0 Å². The summed E-state index contributed by atoms with van der Waals surface area (Å²) in [6, 6.07) is 2.06. The van der Waals surface area contributed by atoms with Crippen molar-refractivity contribution in [2.45, 2.75) is 38.5 Å². The molecule has 2 unspecified atom stereocenters. The molecular weight excluding hydrogens is 244 g/mol. The third kappa shape index (κ3) is 1.86. The van der Waals surface area contributed by atoms with Gasteiger partial charge in [-0.25, -0.2) is 0 Å². The van der Waals surface area contributed by atoms with Crippen LogP contribution in [0.5, 0.6) is 0 Å². The predicted octanol–water partition coefficient (Wildman–Crippen LogP) is 2.52. The summed E-state index contributed by atoms with van der Waals surface area (Å²) in [6.07, 6.45) is 4.73. The maximum Gasteiger partial charge on any atom is 0.0996 e. The molecule has 0 aromatic carbocycles. The molecule has 3 nitrogen and oxygen atoms in total. The van der Waals surface area contributed by atoms with Crippen LogP contribution < -0.4 is 0 Å². The molecule has 4 heteroatoms. The normalized spacial score (nSPS) is 27.0. The minimum atomic E-state index is 0.250. The SMILES string of the molecule is CCn1nccc1C1CCC(CBr)O1. The van der Waals surface area contributed by atoms with Gasteiger partial charge in [-0.3, -0.25) is 4.68 Å². The molecule has 0 radical (unpaired) electrons. The maximum absolute atomic E-state index is 5.89. The van der Waals surface area contributed by atoms with Crippen LogP contribution in [-0.2, 0) is 11.3 Å². The second kappa shape index (κ2) is 4.45. The lowest BCUT2D eigenvalue weighted by atomic mass is 10.1. The van der Waals surface area contributed by atoms with Gasteiger partial charge in [0.25, 0.3) is 0 Å². The second-order valence-electron chi connectivity index (χ2n) is 3.55. The highest BCUT2D eigenvalue weighted by Gasteiger charge is 2.27. The summed E-state index contributed by atoms with van der Waals surface area (Å²) in [5, 5.41) is 5.19. The van der Waals surface area contributed by atoms with Gasteiger partial charge in [0, 0.05) is 18.1 Å². The third-order valence-electron chi connectivity index (χ3n) is 2.66. The van der Waals surface area contributed by atoms with E-state index < -0.39 is 0 Å². The van der Waals surface area contributed by atoms with Crippen molar-refractivity contribution in [3.05, 3.63) is 18.0 Å². The van der Waals surface area contributed by atoms with Gasteiger partial charge in [-0.1, -0.05) is 15.9 Å². The van der Waals surface area contributed by atoms with Crippen LogP contribution in [0.1, 0.15) is 31.6 Å². The molecule has 2 rings (SSSR count). The van der Waals surface area contributed by atoms with Crippen LogP contribution in [0.4, 0.5) is 0 Å². The highest BCUT2D eigenvalue weighted by atomic mass is 79.9. The van der Waals surface area contributed by atoms with E-state index in [0.717, 1.165) is 24.7 Å². The summed E-state index contributed by atoms with van der Waals surface area (Å²) in [5.41, 5.74) is 1.22. The van der Waals surface area contributed by atoms with E-state index in [1.165, 1.54) is 5.69 Å². The Labute approximate surface area is 92.6 Å². The van der Waals surface area contributed by atoms with Crippen LogP contribution in [0.2, 0.25) is 0 Å². The molecule has 14 heavy (non-hydrogen) atoms. The molecule has 1 aromatic rings. The van der Waals surface area contributed by atoms with Gasteiger partial charge in [0.05, 0.1) is 17.9 Å². The summed E-state index contributed by atoms with van der Waals surface area (Å²) < 4.78 is 7.90. The Bertz CT molecular complexity index is 300. The van der Waals surface area contributed by atoms with E-state index >= 15 is 0 Å². The number of nitrogens with zero attached hydrogens (tertiary/aromatic N) is 2. The molecule has 1 aliphatic rings. The Balaban J connectivity index is 2.09. The first-order valence-corrected chi connectivity index (χ1v) is 6.20. The lowest BCUT2D eigenvalue weighted by molar-refractivity contribution is 0.0534. The van der Waals surface area contributed by atoms with E-state index in [1.807, 2.05) is 10.9 Å². The molecule has 0 saturated carbocycles. The van der Waals surface area contributed by atoms with Crippen LogP contribution >= 0.6 is 15.9 Å². The number of ether oxygens (including phenoxy) is 1. The summed E-state index contributed by atoms with van der Waals surface area (Å²) in [6.45, 7) is 3.02. The number of rotatable bonds is 3. The Hall–Kier alpha value is -0.350. The molecule has 0 amide bonds. The molecular formula is C10H15BrN2O.